The van der Waals surface area contributed by atoms with E-state index in [-0.39, 0.29) is 11.6 Å². The number of urea groups is 1. The van der Waals surface area contributed by atoms with Crippen LogP contribution in [0.5, 0.6) is 0 Å². The smallest absolute Gasteiger partial charge is 0.329 e. The first kappa shape index (κ1) is 22.4. The second-order valence-electron chi connectivity index (χ2n) is 9.07. The second-order valence-corrected chi connectivity index (χ2v) is 12.9. The van der Waals surface area contributed by atoms with E-state index in [4.69, 9.17) is 4.74 Å². The maximum absolute atomic E-state index is 13.7. The summed E-state index contributed by atoms with van der Waals surface area (Å²) in [6, 6.07) is 1.86. The summed E-state index contributed by atoms with van der Waals surface area (Å²) in [6.07, 6.45) is 5.94. The van der Waals surface area contributed by atoms with E-state index in [1.807, 2.05) is 24.1 Å². The summed E-state index contributed by atoms with van der Waals surface area (Å²) in [6.45, 7) is 10.8. The van der Waals surface area contributed by atoms with Crippen LogP contribution in [-0.4, -0.2) is 45.8 Å². The fraction of sp³-hybridized carbons (Fsp3) is 0.545. The van der Waals surface area contributed by atoms with Gasteiger partial charge in [0.2, 0.25) is 4.21 Å². The van der Waals surface area contributed by atoms with Crippen molar-refractivity contribution < 1.29 is 14.1 Å². The molecular formula is C22H28N4O3S3. The zero-order valence-corrected chi connectivity index (χ0v) is 20.8. The first-order chi connectivity index (χ1) is 15.3. The molecule has 0 spiro atoms. The van der Waals surface area contributed by atoms with E-state index in [9.17, 15) is 9.35 Å². The minimum Gasteiger partial charge on any atom is -0.592 e. The van der Waals surface area contributed by atoms with Gasteiger partial charge in [-0.3, -0.25) is 9.80 Å². The van der Waals surface area contributed by atoms with Gasteiger partial charge in [0.05, 0.1) is 35.1 Å². The first-order valence-corrected chi connectivity index (χ1v) is 13.7. The van der Waals surface area contributed by atoms with Crippen molar-refractivity contribution in [3.8, 4) is 0 Å². The highest BCUT2D eigenvalue weighted by Crippen LogP contribution is 2.45. The number of thiazole rings is 1. The first-order valence-electron chi connectivity index (χ1n) is 10.9. The van der Waals surface area contributed by atoms with Crippen LogP contribution in [0.15, 0.2) is 23.1 Å². The molecule has 5 rings (SSSR count). The summed E-state index contributed by atoms with van der Waals surface area (Å²) in [5.74, 6) is 0.291. The Balaban J connectivity index is 1.46. The summed E-state index contributed by atoms with van der Waals surface area (Å²) in [5.41, 5.74) is 1.50. The van der Waals surface area contributed by atoms with Gasteiger partial charge in [0.25, 0.3) is 0 Å². The molecule has 10 heteroatoms. The Morgan fingerprint density at radius 3 is 2.88 bits per heavy atom. The Bertz CT molecular complexity index is 1030. The number of thiophene rings is 1. The second kappa shape index (κ2) is 8.73. The van der Waals surface area contributed by atoms with E-state index < -0.39 is 11.4 Å². The number of amides is 2. The fourth-order valence-electron chi connectivity index (χ4n) is 4.08. The van der Waals surface area contributed by atoms with Crippen molar-refractivity contribution in [3.63, 3.8) is 0 Å². The van der Waals surface area contributed by atoms with Crippen LogP contribution >= 0.6 is 22.7 Å². The number of aryl methyl sites for hydroxylation is 1. The summed E-state index contributed by atoms with van der Waals surface area (Å²) in [4.78, 5) is 22.6. The van der Waals surface area contributed by atoms with Crippen LogP contribution in [0, 0.1) is 12.8 Å². The van der Waals surface area contributed by atoms with E-state index >= 15 is 0 Å². The Morgan fingerprint density at radius 2 is 2.22 bits per heavy atom. The molecule has 1 saturated carbocycles. The number of nitrogens with one attached hydrogen (secondary N) is 1. The molecule has 0 radical (unpaired) electrons. The van der Waals surface area contributed by atoms with Crippen molar-refractivity contribution in [2.24, 2.45) is 5.92 Å². The Hall–Kier alpha value is -1.43. The molecule has 1 saturated heterocycles. The molecule has 2 aromatic heterocycles. The maximum Gasteiger partial charge on any atom is 0.329 e. The van der Waals surface area contributed by atoms with Crippen molar-refractivity contribution >= 4 is 50.8 Å². The predicted octanol–water partition coefficient (Wildman–Crippen LogP) is 4.52. The number of rotatable bonds is 7. The molecule has 0 aromatic carbocycles. The summed E-state index contributed by atoms with van der Waals surface area (Å²) in [7, 11) is 0. The van der Waals surface area contributed by atoms with E-state index in [1.54, 1.807) is 16.2 Å². The normalized spacial score (nSPS) is 23.4. The van der Waals surface area contributed by atoms with Crippen molar-refractivity contribution in [1.29, 1.82) is 0 Å². The largest absolute Gasteiger partial charge is 0.592 e. The number of carbonyl (C=O) groups excluding carboxylic acids is 1. The van der Waals surface area contributed by atoms with Crippen LogP contribution in [0.2, 0.25) is 0 Å². The minimum absolute atomic E-state index is 0.0443. The summed E-state index contributed by atoms with van der Waals surface area (Å²) < 4.78 is 22.7. The van der Waals surface area contributed by atoms with Crippen LogP contribution in [-0.2, 0) is 22.6 Å². The van der Waals surface area contributed by atoms with Crippen molar-refractivity contribution in [3.05, 3.63) is 34.3 Å². The zero-order chi connectivity index (χ0) is 22.5. The Kier molecular flexibility index (Phi) is 6.10. The van der Waals surface area contributed by atoms with Gasteiger partial charge in [0.15, 0.2) is 0 Å². The lowest BCUT2D eigenvalue weighted by Gasteiger charge is -2.38. The molecule has 2 atom stereocenters. The van der Waals surface area contributed by atoms with Crippen LogP contribution in [0.3, 0.4) is 0 Å². The molecule has 2 aliphatic heterocycles. The van der Waals surface area contributed by atoms with Gasteiger partial charge >= 0.3 is 6.03 Å². The molecule has 7 nitrogen and oxygen atoms in total. The quantitative estimate of drug-likeness (QED) is 0.575. The lowest BCUT2D eigenvalue weighted by atomic mass is 10.0. The van der Waals surface area contributed by atoms with Gasteiger partial charge < -0.3 is 9.29 Å². The number of ether oxygens (including phenoxy) is 1. The number of aromatic nitrogens is 1. The molecular weight excluding hydrogens is 464 g/mol. The van der Waals surface area contributed by atoms with E-state index in [0.717, 1.165) is 56.9 Å². The number of carbonyl (C=O) groups is 1. The van der Waals surface area contributed by atoms with Gasteiger partial charge in [0.1, 0.15) is 5.00 Å². The van der Waals surface area contributed by atoms with Crippen molar-refractivity contribution in [2.45, 2.75) is 55.8 Å². The third-order valence-corrected chi connectivity index (χ3v) is 9.95. The van der Waals surface area contributed by atoms with Crippen LogP contribution in [0.25, 0.3) is 5.70 Å². The SMILES string of the molecule is C=C1c2cc([S+]([O-])NC3(C)CC3)sc2N(CC2CCCOC2)C(=O)N1Cc1cnc(C)s1. The highest BCUT2D eigenvalue weighted by molar-refractivity contribution is 7.91. The molecule has 4 heterocycles. The highest BCUT2D eigenvalue weighted by atomic mass is 32.2. The lowest BCUT2D eigenvalue weighted by Crippen LogP contribution is -2.47. The molecule has 1 N–H and O–H groups in total. The number of fused-ring (bicyclic) bond motifs is 1. The molecule has 172 valence electrons. The fourth-order valence-corrected chi connectivity index (χ4v) is 7.43. The Morgan fingerprint density at radius 1 is 1.41 bits per heavy atom. The van der Waals surface area contributed by atoms with Gasteiger partial charge in [-0.1, -0.05) is 17.9 Å². The molecule has 2 aromatic rings. The van der Waals surface area contributed by atoms with E-state index in [2.05, 4.69) is 23.2 Å². The van der Waals surface area contributed by atoms with Crippen molar-refractivity contribution in [2.75, 3.05) is 24.7 Å². The molecule has 2 amide bonds. The molecule has 2 fully saturated rings. The number of hydrogen-bond donors (Lipinski definition) is 1. The zero-order valence-electron chi connectivity index (χ0n) is 18.4. The van der Waals surface area contributed by atoms with Gasteiger partial charge in [-0.2, -0.15) is 0 Å². The maximum atomic E-state index is 13.7. The van der Waals surface area contributed by atoms with Gasteiger partial charge in [-0.15, -0.1) is 16.1 Å². The Labute approximate surface area is 199 Å². The van der Waals surface area contributed by atoms with E-state index in [1.165, 1.54) is 11.3 Å². The lowest BCUT2D eigenvalue weighted by molar-refractivity contribution is 0.0575. The molecule has 32 heavy (non-hydrogen) atoms. The predicted molar refractivity (Wildman–Crippen MR) is 129 cm³/mol. The third kappa shape index (κ3) is 4.49. The summed E-state index contributed by atoms with van der Waals surface area (Å²) >= 11 is 1.71. The molecule has 3 aliphatic rings. The van der Waals surface area contributed by atoms with E-state index in [0.29, 0.717) is 31.3 Å². The van der Waals surface area contributed by atoms with Crippen LogP contribution in [0.4, 0.5) is 9.80 Å². The average Bonchev–Trinajstić information content (AvgIpc) is 3.15. The standard InChI is InChI=1S/C22H28N4O3S3/c1-14-18-9-19(32(28)24-22(3)6-7-22)31-20(18)26(11-16-5-4-8-29-13-16)21(27)25(14)12-17-10-23-15(2)30-17/h9-10,16,24H,1,4-8,11-13H2,2-3H3. The van der Waals surface area contributed by atoms with Crippen LogP contribution < -0.4 is 9.62 Å². The average molecular weight is 493 g/mol. The summed E-state index contributed by atoms with van der Waals surface area (Å²) in [5, 5.41) is 1.81. The van der Waals surface area contributed by atoms with Gasteiger partial charge in [-0.05, 0) is 39.5 Å². The molecule has 0 bridgehead atoms. The number of nitrogens with zero attached hydrogens (tertiary/aromatic N) is 3. The van der Waals surface area contributed by atoms with Gasteiger partial charge in [0, 0.05) is 47.5 Å². The topological polar surface area (TPSA) is 80.8 Å². The third-order valence-electron chi connectivity index (χ3n) is 6.23. The molecule has 1 aliphatic carbocycles. The number of anilines is 1. The highest BCUT2D eigenvalue weighted by Gasteiger charge is 2.44. The monoisotopic (exact) mass is 492 g/mol. The van der Waals surface area contributed by atoms with Gasteiger partial charge in [-0.25, -0.2) is 9.78 Å². The van der Waals surface area contributed by atoms with Crippen molar-refractivity contribution in [1.82, 2.24) is 14.6 Å². The molecule has 2 unspecified atom stereocenters. The minimum atomic E-state index is -1.31. The van der Waals surface area contributed by atoms with Crippen LogP contribution in [0.1, 0.15) is 48.1 Å². The number of hydrogen-bond acceptors (Lipinski definition) is 7.